The van der Waals surface area contributed by atoms with E-state index in [1.165, 1.54) is 86.4 Å². The molecule has 0 bridgehead atoms. The second kappa shape index (κ2) is 44.3. The lowest BCUT2D eigenvalue weighted by molar-refractivity contribution is 0.0239. The highest BCUT2D eigenvalue weighted by Gasteiger charge is 2.48. The van der Waals surface area contributed by atoms with Gasteiger partial charge in [-0.2, -0.15) is 0 Å². The van der Waals surface area contributed by atoms with Crippen molar-refractivity contribution in [2.45, 2.75) is 260 Å². The molecule has 8 nitrogen and oxygen atoms in total. The van der Waals surface area contributed by atoms with Crippen molar-refractivity contribution in [3.8, 4) is 0 Å². The van der Waals surface area contributed by atoms with Gasteiger partial charge in [0, 0.05) is 51.7 Å². The van der Waals surface area contributed by atoms with E-state index in [0.717, 1.165) is 98.1 Å². The first-order valence-corrected chi connectivity index (χ1v) is 43.7. The zero-order valence-electron chi connectivity index (χ0n) is 53.7. The summed E-state index contributed by atoms with van der Waals surface area (Å²) >= 11 is 3.64. The van der Waals surface area contributed by atoms with Crippen molar-refractivity contribution >= 4 is 102 Å². The standard InChI is InChI=1S/C66H116N2O6S6Si2/c1-13-25-35-53(19-7)45-69-81(70-46-54(20-8)36-26-14-2,71-47-55(21-9)37-27-15-3)51-63(65-67-59-41-31-33-43-61(59)75-65)77-79-80-78-64(66-68-60-42-32-34-44-62(60)76-66)52-82(72-48-56(22-10)38-28-16-4,73-49-57(23-11)39-29-17-5)74-50-58(24-12)40-30-18-6/h31-34,41-44,53-58,63-64H,13-30,35-40,45-52H2,1-12H3. The molecule has 2 heterocycles. The van der Waals surface area contributed by atoms with Gasteiger partial charge < -0.3 is 26.6 Å². The van der Waals surface area contributed by atoms with Gasteiger partial charge in [0.2, 0.25) is 0 Å². The summed E-state index contributed by atoms with van der Waals surface area (Å²) in [5.74, 6) is 2.76. The van der Waals surface area contributed by atoms with Gasteiger partial charge in [-0.3, -0.25) is 0 Å². The highest BCUT2D eigenvalue weighted by molar-refractivity contribution is 9.26. The van der Waals surface area contributed by atoms with Crippen molar-refractivity contribution in [1.29, 1.82) is 0 Å². The summed E-state index contributed by atoms with van der Waals surface area (Å²) in [6, 6.07) is 18.6. The molecule has 2 aromatic carbocycles. The lowest BCUT2D eigenvalue weighted by atomic mass is 10.0. The Hall–Kier alpha value is -0.186. The fourth-order valence-electron chi connectivity index (χ4n) is 10.4. The summed E-state index contributed by atoms with van der Waals surface area (Å²) in [4.78, 5) is 10.9. The van der Waals surface area contributed by atoms with Crippen LogP contribution in [0.3, 0.4) is 0 Å². The number of unbranched alkanes of at least 4 members (excludes halogenated alkanes) is 6. The minimum Gasteiger partial charge on any atom is -0.373 e. The molecule has 2 aromatic heterocycles. The minimum atomic E-state index is -3.36. The van der Waals surface area contributed by atoms with Gasteiger partial charge in [0.15, 0.2) is 0 Å². The third-order valence-electron chi connectivity index (χ3n) is 16.9. The smallest absolute Gasteiger partial charge is 0.373 e. The zero-order chi connectivity index (χ0) is 59.3. The van der Waals surface area contributed by atoms with Crippen LogP contribution in [0.4, 0.5) is 0 Å². The fourth-order valence-corrected chi connectivity index (χ4v) is 27.8. The average molecular weight is 1280 g/mol. The van der Waals surface area contributed by atoms with Gasteiger partial charge in [-0.15, -0.1) is 22.7 Å². The number of hydrogen-bond donors (Lipinski definition) is 0. The van der Waals surface area contributed by atoms with Crippen molar-refractivity contribution in [2.24, 2.45) is 35.5 Å². The molecule has 0 aliphatic carbocycles. The molecule has 4 rings (SSSR count). The van der Waals surface area contributed by atoms with Crippen molar-refractivity contribution in [2.75, 3.05) is 39.6 Å². The van der Waals surface area contributed by atoms with Crippen LogP contribution in [0, 0.1) is 35.5 Å². The first-order chi connectivity index (χ1) is 40.0. The highest BCUT2D eigenvalue weighted by Crippen LogP contribution is 2.58. The SMILES string of the molecule is CCCCC(CC)CO[Si](CC(SSSSC(C[Si](OCC(CC)CCCC)(OCC(CC)CCCC)OCC(CC)CCCC)c1nc2ccccc2s1)c1nc2ccccc2s1)(OCC(CC)CCCC)OCC(CC)CCCC. The third kappa shape index (κ3) is 27.3. The van der Waals surface area contributed by atoms with Crippen LogP contribution in [0.5, 0.6) is 0 Å². The molecule has 0 saturated carbocycles. The minimum absolute atomic E-state index is 0.0222. The molecule has 8 unspecified atom stereocenters. The van der Waals surface area contributed by atoms with Gasteiger partial charge in [-0.1, -0.05) is 245 Å². The molecule has 0 spiro atoms. The predicted molar refractivity (Wildman–Crippen MR) is 372 cm³/mol. The number of para-hydroxylation sites is 2. The van der Waals surface area contributed by atoms with E-state index in [9.17, 15) is 0 Å². The Bertz CT molecular complexity index is 1870. The van der Waals surface area contributed by atoms with E-state index >= 15 is 0 Å². The van der Waals surface area contributed by atoms with Crippen LogP contribution in [0.15, 0.2) is 48.5 Å². The second-order valence-electron chi connectivity index (χ2n) is 23.5. The maximum atomic E-state index is 7.49. The highest BCUT2D eigenvalue weighted by atomic mass is 33.7. The summed E-state index contributed by atoms with van der Waals surface area (Å²) in [5, 5.41) is 2.19. The lowest BCUT2D eigenvalue weighted by Gasteiger charge is -2.35. The number of rotatable bonds is 53. The van der Waals surface area contributed by atoms with E-state index in [1.54, 1.807) is 0 Å². The van der Waals surface area contributed by atoms with E-state index in [2.05, 4.69) is 132 Å². The molecule has 0 aliphatic rings. The van der Waals surface area contributed by atoms with Gasteiger partial charge in [0.25, 0.3) is 0 Å². The molecule has 0 aliphatic heterocycles. The molecule has 0 N–H and O–H groups in total. The summed E-state index contributed by atoms with van der Waals surface area (Å²) in [7, 11) is 0.841. The molecular weight excluding hydrogens is 1170 g/mol. The van der Waals surface area contributed by atoms with Gasteiger partial charge in [-0.25, -0.2) is 9.97 Å². The summed E-state index contributed by atoms with van der Waals surface area (Å²) in [6.07, 6.45) is 27.8. The molecule has 82 heavy (non-hydrogen) atoms. The second-order valence-corrected chi connectivity index (χ2v) is 37.1. The first kappa shape index (κ1) is 74.3. The molecule has 0 amide bonds. The van der Waals surface area contributed by atoms with Crippen molar-refractivity contribution < 1.29 is 26.6 Å². The molecule has 0 radical (unpaired) electrons. The van der Waals surface area contributed by atoms with Crippen molar-refractivity contribution in [3.05, 3.63) is 58.5 Å². The van der Waals surface area contributed by atoms with Crippen LogP contribution in [0.25, 0.3) is 20.4 Å². The van der Waals surface area contributed by atoms with Crippen LogP contribution in [0.1, 0.15) is 258 Å². The molecule has 0 fully saturated rings. The molecule has 16 heteroatoms. The number of thiazole rings is 2. The van der Waals surface area contributed by atoms with E-state index in [-0.39, 0.29) is 10.5 Å². The summed E-state index contributed by atoms with van der Waals surface area (Å²) in [6.45, 7) is 31.8. The summed E-state index contributed by atoms with van der Waals surface area (Å²) in [5.41, 5.74) is 2.10. The third-order valence-corrected chi connectivity index (χ3v) is 32.4. The van der Waals surface area contributed by atoms with E-state index in [4.69, 9.17) is 36.5 Å². The number of aromatic nitrogens is 2. The van der Waals surface area contributed by atoms with E-state index < -0.39 is 17.6 Å². The normalized spacial score (nSPS) is 16.7. The Morgan fingerprint density at radius 2 is 0.610 bits per heavy atom. The number of nitrogens with zero attached hydrogens (tertiary/aromatic N) is 2. The number of benzene rings is 2. The van der Waals surface area contributed by atoms with E-state index in [0.29, 0.717) is 87.2 Å². The molecule has 8 atom stereocenters. The number of fused-ring (bicyclic) bond motifs is 2. The van der Waals surface area contributed by atoms with Crippen LogP contribution in [0.2, 0.25) is 12.1 Å². The predicted octanol–water partition coefficient (Wildman–Crippen LogP) is 23.6. The summed E-state index contributed by atoms with van der Waals surface area (Å²) < 4.78 is 47.4. The molecule has 0 saturated heterocycles. The Morgan fingerprint density at radius 1 is 0.366 bits per heavy atom. The maximum Gasteiger partial charge on any atom is 0.502 e. The Kier molecular flexibility index (Phi) is 40.1. The Labute approximate surface area is 527 Å². The molecule has 470 valence electrons. The monoisotopic (exact) mass is 1280 g/mol. The topological polar surface area (TPSA) is 81.2 Å². The Morgan fingerprint density at radius 3 is 0.829 bits per heavy atom. The van der Waals surface area contributed by atoms with Crippen molar-refractivity contribution in [1.82, 2.24) is 9.97 Å². The quantitative estimate of drug-likeness (QED) is 0.0240. The largest absolute Gasteiger partial charge is 0.502 e. The zero-order valence-corrected chi connectivity index (χ0v) is 60.6. The average Bonchev–Trinajstić information content (AvgIpc) is 4.19. The number of hydrogen-bond acceptors (Lipinski definition) is 14. The van der Waals surface area contributed by atoms with Crippen molar-refractivity contribution in [3.63, 3.8) is 0 Å². The van der Waals surface area contributed by atoms with Crippen LogP contribution in [-0.4, -0.2) is 67.2 Å². The maximum absolute atomic E-state index is 7.49. The lowest BCUT2D eigenvalue weighted by Crippen LogP contribution is -2.49. The molecular formula is C66H116N2O6S6Si2. The van der Waals surface area contributed by atoms with Gasteiger partial charge in [-0.05, 0) is 118 Å². The van der Waals surface area contributed by atoms with E-state index in [1.807, 2.05) is 63.9 Å². The first-order valence-electron chi connectivity index (χ1n) is 33.2. The van der Waals surface area contributed by atoms with Crippen LogP contribution >= 0.6 is 63.9 Å². The van der Waals surface area contributed by atoms with Gasteiger partial charge in [0.05, 0.1) is 30.9 Å². The van der Waals surface area contributed by atoms with Crippen LogP contribution < -0.4 is 0 Å². The van der Waals surface area contributed by atoms with Crippen LogP contribution in [-0.2, 0) is 26.6 Å². The fraction of sp³-hybridized carbons (Fsp3) is 0.788. The molecule has 4 aromatic rings. The van der Waals surface area contributed by atoms with Gasteiger partial charge >= 0.3 is 17.6 Å². The Balaban J connectivity index is 1.83. The van der Waals surface area contributed by atoms with Gasteiger partial charge in [0.1, 0.15) is 10.0 Å².